The summed E-state index contributed by atoms with van der Waals surface area (Å²) in [5.41, 5.74) is 6.80. The van der Waals surface area contributed by atoms with Crippen molar-refractivity contribution in [2.24, 2.45) is 11.7 Å². The minimum absolute atomic E-state index is 0.635. The number of benzene rings is 1. The van der Waals surface area contributed by atoms with Crippen molar-refractivity contribution >= 4 is 0 Å². The summed E-state index contributed by atoms with van der Waals surface area (Å²) < 4.78 is 11.5. The molecule has 0 saturated carbocycles. The lowest BCUT2D eigenvalue weighted by molar-refractivity contribution is 0.281. The smallest absolute Gasteiger partial charge is 0.126 e. The Hall–Kier alpha value is -1.22. The molecule has 0 aliphatic carbocycles. The Morgan fingerprint density at radius 1 is 1.16 bits per heavy atom. The molecule has 108 valence electrons. The van der Waals surface area contributed by atoms with Gasteiger partial charge in [-0.15, -0.1) is 0 Å². The Morgan fingerprint density at radius 2 is 1.95 bits per heavy atom. The minimum Gasteiger partial charge on any atom is -0.493 e. The highest BCUT2D eigenvalue weighted by molar-refractivity contribution is 5.41. The average molecular weight is 265 g/mol. The first-order chi connectivity index (χ1) is 9.17. The van der Waals surface area contributed by atoms with Crippen LogP contribution in [0.1, 0.15) is 39.2 Å². The van der Waals surface area contributed by atoms with Crippen molar-refractivity contribution in [2.45, 2.75) is 40.0 Å². The molecule has 0 amide bonds. The van der Waals surface area contributed by atoms with Crippen molar-refractivity contribution in [1.29, 1.82) is 0 Å². The minimum atomic E-state index is 0.635. The average Bonchev–Trinajstić information content (AvgIpc) is 2.38. The topological polar surface area (TPSA) is 44.5 Å². The monoisotopic (exact) mass is 265 g/mol. The summed E-state index contributed by atoms with van der Waals surface area (Å²) in [6.07, 6.45) is 2.90. The van der Waals surface area contributed by atoms with Gasteiger partial charge >= 0.3 is 0 Å². The van der Waals surface area contributed by atoms with Crippen LogP contribution in [0, 0.1) is 5.92 Å². The standard InChI is InChI=1S/C16H27NO2/c1-4-10-18-15-6-5-14(7-9-17)16(12-15)19-11-8-13(2)3/h5-6,12-13H,4,7-11,17H2,1-3H3. The molecule has 3 nitrogen and oxygen atoms in total. The molecule has 0 aliphatic heterocycles. The zero-order valence-electron chi connectivity index (χ0n) is 12.4. The molecule has 2 N–H and O–H groups in total. The van der Waals surface area contributed by atoms with Crippen LogP contribution in [0.3, 0.4) is 0 Å². The van der Waals surface area contributed by atoms with Gasteiger partial charge in [-0.25, -0.2) is 0 Å². The van der Waals surface area contributed by atoms with Crippen molar-refractivity contribution in [2.75, 3.05) is 19.8 Å². The fourth-order valence-electron chi connectivity index (χ4n) is 1.75. The lowest BCUT2D eigenvalue weighted by Crippen LogP contribution is -2.07. The van der Waals surface area contributed by atoms with Crippen LogP contribution >= 0.6 is 0 Å². The van der Waals surface area contributed by atoms with Gasteiger partial charge in [0, 0.05) is 6.07 Å². The first-order valence-corrected chi connectivity index (χ1v) is 7.26. The van der Waals surface area contributed by atoms with Crippen molar-refractivity contribution < 1.29 is 9.47 Å². The Morgan fingerprint density at radius 3 is 2.58 bits per heavy atom. The SMILES string of the molecule is CCCOc1ccc(CCN)c(OCCC(C)C)c1. The van der Waals surface area contributed by atoms with E-state index < -0.39 is 0 Å². The summed E-state index contributed by atoms with van der Waals surface area (Å²) in [5, 5.41) is 0. The van der Waals surface area contributed by atoms with E-state index in [1.165, 1.54) is 0 Å². The maximum absolute atomic E-state index is 5.89. The predicted octanol–water partition coefficient (Wildman–Crippen LogP) is 3.40. The van der Waals surface area contributed by atoms with Gasteiger partial charge < -0.3 is 15.2 Å². The van der Waals surface area contributed by atoms with Crippen LogP contribution in [-0.4, -0.2) is 19.8 Å². The normalized spacial score (nSPS) is 10.8. The van der Waals surface area contributed by atoms with E-state index >= 15 is 0 Å². The van der Waals surface area contributed by atoms with Gasteiger partial charge in [-0.3, -0.25) is 0 Å². The van der Waals surface area contributed by atoms with Crippen LogP contribution in [0.25, 0.3) is 0 Å². The van der Waals surface area contributed by atoms with Gasteiger partial charge in [0.15, 0.2) is 0 Å². The molecule has 0 fully saturated rings. The fraction of sp³-hybridized carbons (Fsp3) is 0.625. The van der Waals surface area contributed by atoms with Crippen LogP contribution in [0.2, 0.25) is 0 Å². The summed E-state index contributed by atoms with van der Waals surface area (Å²) in [7, 11) is 0. The van der Waals surface area contributed by atoms with E-state index in [0.29, 0.717) is 12.5 Å². The first kappa shape index (κ1) is 15.8. The van der Waals surface area contributed by atoms with E-state index in [-0.39, 0.29) is 0 Å². The molecule has 0 heterocycles. The predicted molar refractivity (Wildman–Crippen MR) is 79.9 cm³/mol. The van der Waals surface area contributed by atoms with Crippen LogP contribution in [-0.2, 0) is 6.42 Å². The van der Waals surface area contributed by atoms with E-state index in [1.807, 2.05) is 12.1 Å². The Balaban J connectivity index is 2.70. The van der Waals surface area contributed by atoms with Gasteiger partial charge in [0.2, 0.25) is 0 Å². The van der Waals surface area contributed by atoms with E-state index in [9.17, 15) is 0 Å². The number of nitrogens with two attached hydrogens (primary N) is 1. The summed E-state index contributed by atoms with van der Waals surface area (Å²) >= 11 is 0. The highest BCUT2D eigenvalue weighted by Crippen LogP contribution is 2.26. The van der Waals surface area contributed by atoms with Gasteiger partial charge in [-0.2, -0.15) is 0 Å². The molecule has 1 rings (SSSR count). The molecule has 0 saturated heterocycles. The zero-order valence-corrected chi connectivity index (χ0v) is 12.4. The van der Waals surface area contributed by atoms with Crippen LogP contribution in [0.15, 0.2) is 18.2 Å². The fourth-order valence-corrected chi connectivity index (χ4v) is 1.75. The molecular weight excluding hydrogens is 238 g/mol. The Labute approximate surface area is 117 Å². The summed E-state index contributed by atoms with van der Waals surface area (Å²) in [6.45, 7) is 8.61. The summed E-state index contributed by atoms with van der Waals surface area (Å²) in [4.78, 5) is 0. The van der Waals surface area contributed by atoms with Crippen LogP contribution < -0.4 is 15.2 Å². The summed E-state index contributed by atoms with van der Waals surface area (Å²) in [5.74, 6) is 2.44. The van der Waals surface area contributed by atoms with E-state index in [4.69, 9.17) is 15.2 Å². The van der Waals surface area contributed by atoms with Crippen molar-refractivity contribution in [3.8, 4) is 11.5 Å². The molecule has 0 aromatic heterocycles. The third-order valence-electron chi connectivity index (χ3n) is 2.88. The molecule has 1 aromatic carbocycles. The third-order valence-corrected chi connectivity index (χ3v) is 2.88. The lowest BCUT2D eigenvalue weighted by Gasteiger charge is -2.14. The number of hydrogen-bond acceptors (Lipinski definition) is 3. The molecule has 0 unspecified atom stereocenters. The molecule has 0 spiro atoms. The molecular formula is C16H27NO2. The molecule has 3 heteroatoms. The summed E-state index contributed by atoms with van der Waals surface area (Å²) in [6, 6.07) is 6.04. The quantitative estimate of drug-likeness (QED) is 0.744. The Bertz CT molecular complexity index is 364. The van der Waals surface area contributed by atoms with Crippen molar-refractivity contribution in [3.05, 3.63) is 23.8 Å². The second kappa shape index (κ2) is 8.81. The molecule has 1 aromatic rings. The van der Waals surface area contributed by atoms with Crippen LogP contribution in [0.4, 0.5) is 0 Å². The van der Waals surface area contributed by atoms with Crippen LogP contribution in [0.5, 0.6) is 11.5 Å². The number of rotatable bonds is 9. The molecule has 0 aliphatic rings. The highest BCUT2D eigenvalue weighted by atomic mass is 16.5. The lowest BCUT2D eigenvalue weighted by atomic mass is 10.1. The van der Waals surface area contributed by atoms with Gasteiger partial charge in [-0.1, -0.05) is 26.8 Å². The largest absolute Gasteiger partial charge is 0.493 e. The third kappa shape index (κ3) is 5.97. The Kier molecular flexibility index (Phi) is 7.34. The first-order valence-electron chi connectivity index (χ1n) is 7.26. The van der Waals surface area contributed by atoms with Gasteiger partial charge in [0.1, 0.15) is 11.5 Å². The van der Waals surface area contributed by atoms with Gasteiger partial charge in [0.25, 0.3) is 0 Å². The van der Waals surface area contributed by atoms with Crippen molar-refractivity contribution in [1.82, 2.24) is 0 Å². The maximum Gasteiger partial charge on any atom is 0.126 e. The van der Waals surface area contributed by atoms with Gasteiger partial charge in [0.05, 0.1) is 13.2 Å². The van der Waals surface area contributed by atoms with E-state index in [2.05, 4.69) is 26.8 Å². The highest BCUT2D eigenvalue weighted by Gasteiger charge is 2.06. The van der Waals surface area contributed by atoms with Gasteiger partial charge in [-0.05, 0) is 43.4 Å². The zero-order chi connectivity index (χ0) is 14.1. The number of ether oxygens (including phenoxy) is 2. The van der Waals surface area contributed by atoms with E-state index in [0.717, 1.165) is 49.5 Å². The second-order valence-corrected chi connectivity index (χ2v) is 5.19. The van der Waals surface area contributed by atoms with E-state index in [1.54, 1.807) is 0 Å². The molecule has 0 radical (unpaired) electrons. The molecule has 0 atom stereocenters. The maximum atomic E-state index is 5.89. The second-order valence-electron chi connectivity index (χ2n) is 5.19. The molecule has 19 heavy (non-hydrogen) atoms. The van der Waals surface area contributed by atoms with Crippen molar-refractivity contribution in [3.63, 3.8) is 0 Å². The molecule has 0 bridgehead atoms. The number of hydrogen-bond donors (Lipinski definition) is 1.